The Morgan fingerprint density at radius 3 is 2.44 bits per heavy atom. The van der Waals surface area contributed by atoms with Gasteiger partial charge in [0.2, 0.25) is 0 Å². The Kier molecular flexibility index (Phi) is 5.55. The average Bonchev–Trinajstić information content (AvgIpc) is 2.84. The molecule has 1 fully saturated rings. The molecule has 2 amide bonds. The molecule has 0 aromatic heterocycles. The number of halogens is 5. The smallest absolute Gasteiger partial charge is 0.268 e. The molecule has 0 saturated carbocycles. The van der Waals surface area contributed by atoms with Gasteiger partial charge in [-0.1, -0.05) is 47.5 Å². The zero-order valence-electron chi connectivity index (χ0n) is 13.4. The molecule has 0 aliphatic carbocycles. The van der Waals surface area contributed by atoms with E-state index in [1.54, 1.807) is 12.1 Å². The van der Waals surface area contributed by atoms with Crippen molar-refractivity contribution in [3.05, 3.63) is 74.1 Å². The first kappa shape index (κ1) is 19.8. The first-order valence-corrected chi connectivity index (χ1v) is 9.09. The van der Waals surface area contributed by atoms with E-state index in [2.05, 4.69) is 0 Å². The lowest BCUT2D eigenvalue weighted by Gasteiger charge is -2.14. The molecule has 2 aromatic carbocycles. The Morgan fingerprint density at radius 1 is 1.07 bits per heavy atom. The van der Waals surface area contributed by atoms with Crippen LogP contribution in [0.1, 0.15) is 16.7 Å². The fourth-order valence-corrected chi connectivity index (χ4v) is 3.78. The maximum absolute atomic E-state index is 13.1. The van der Waals surface area contributed by atoms with Crippen LogP contribution in [0.25, 0.3) is 6.08 Å². The van der Waals surface area contributed by atoms with Crippen molar-refractivity contribution in [2.45, 2.75) is 12.7 Å². The van der Waals surface area contributed by atoms with Crippen LogP contribution in [0.5, 0.6) is 0 Å². The van der Waals surface area contributed by atoms with Crippen molar-refractivity contribution in [1.29, 1.82) is 0 Å². The van der Waals surface area contributed by atoms with Gasteiger partial charge in [-0.25, -0.2) is 0 Å². The van der Waals surface area contributed by atoms with Crippen molar-refractivity contribution < 1.29 is 22.8 Å². The molecule has 0 unspecified atom stereocenters. The Hall–Kier alpha value is -1.96. The summed E-state index contributed by atoms with van der Waals surface area (Å²) < 4.78 is 39.3. The number of alkyl halides is 3. The van der Waals surface area contributed by atoms with E-state index >= 15 is 0 Å². The predicted octanol–water partition coefficient (Wildman–Crippen LogP) is 6.25. The van der Waals surface area contributed by atoms with Gasteiger partial charge < -0.3 is 0 Å². The number of imide groups is 1. The number of nitrogens with zero attached hydrogens (tertiary/aromatic N) is 1. The Morgan fingerprint density at radius 2 is 1.78 bits per heavy atom. The Labute approximate surface area is 166 Å². The molecular weight excluding hydrogens is 422 g/mol. The molecule has 0 radical (unpaired) electrons. The molecule has 1 saturated heterocycles. The van der Waals surface area contributed by atoms with E-state index in [0.717, 1.165) is 17.0 Å². The second-order valence-electron chi connectivity index (χ2n) is 5.59. The summed E-state index contributed by atoms with van der Waals surface area (Å²) in [4.78, 5) is 25.6. The second kappa shape index (κ2) is 7.58. The summed E-state index contributed by atoms with van der Waals surface area (Å²) in [7, 11) is 0. The minimum Gasteiger partial charge on any atom is -0.268 e. The first-order chi connectivity index (χ1) is 12.7. The topological polar surface area (TPSA) is 37.4 Å². The van der Waals surface area contributed by atoms with Crippen molar-refractivity contribution in [1.82, 2.24) is 4.90 Å². The van der Waals surface area contributed by atoms with E-state index in [0.29, 0.717) is 22.3 Å². The molecule has 9 heteroatoms. The summed E-state index contributed by atoms with van der Waals surface area (Å²) in [5, 5.41) is 0.108. The van der Waals surface area contributed by atoms with Crippen molar-refractivity contribution >= 4 is 52.2 Å². The van der Waals surface area contributed by atoms with Crippen LogP contribution in [0.2, 0.25) is 10.0 Å². The minimum atomic E-state index is -4.57. The zero-order chi connectivity index (χ0) is 19.8. The highest BCUT2D eigenvalue weighted by Gasteiger charge is 2.37. The first-order valence-electron chi connectivity index (χ1n) is 7.52. The van der Waals surface area contributed by atoms with Crippen LogP contribution in [-0.2, 0) is 17.5 Å². The van der Waals surface area contributed by atoms with Gasteiger partial charge in [0.25, 0.3) is 11.1 Å². The molecule has 0 spiro atoms. The largest absolute Gasteiger partial charge is 0.416 e. The van der Waals surface area contributed by atoms with Gasteiger partial charge in [-0.05, 0) is 47.2 Å². The molecule has 1 heterocycles. The lowest BCUT2D eigenvalue weighted by molar-refractivity contribution is -0.137. The molecule has 3 rings (SSSR count). The summed E-state index contributed by atoms with van der Waals surface area (Å²) in [5.74, 6) is -0.673. The zero-order valence-corrected chi connectivity index (χ0v) is 15.7. The number of carbonyl (C=O) groups excluding carboxylic acids is 2. The van der Waals surface area contributed by atoms with Gasteiger partial charge in [0.05, 0.1) is 17.0 Å². The molecule has 0 N–H and O–H groups in total. The van der Waals surface area contributed by atoms with Crippen molar-refractivity contribution in [3.8, 4) is 0 Å². The van der Waals surface area contributed by atoms with E-state index in [4.69, 9.17) is 23.2 Å². The van der Waals surface area contributed by atoms with Crippen molar-refractivity contribution in [3.63, 3.8) is 0 Å². The molecular formula is C18H10Cl2F3NO2S. The summed E-state index contributed by atoms with van der Waals surface area (Å²) in [6, 6.07) is 9.48. The number of carbonyl (C=O) groups is 2. The second-order valence-corrected chi connectivity index (χ2v) is 7.43. The third kappa shape index (κ3) is 4.31. The van der Waals surface area contributed by atoms with Gasteiger partial charge >= 0.3 is 6.18 Å². The standard InChI is InChI=1S/C18H10Cl2F3NO2S/c19-12-6-5-11(14(20)8-12)9-24-16(25)15(27-17(24)26)7-10-3-1-2-4-13(10)18(21,22)23/h1-8H,9H2/b15-7-. The van der Waals surface area contributed by atoms with E-state index in [9.17, 15) is 22.8 Å². The SMILES string of the molecule is O=C1S/C(=C\c2ccccc2C(F)(F)F)C(=O)N1Cc1ccc(Cl)cc1Cl. The monoisotopic (exact) mass is 431 g/mol. The van der Waals surface area contributed by atoms with Crippen molar-refractivity contribution in [2.75, 3.05) is 0 Å². The van der Waals surface area contributed by atoms with E-state index in [1.807, 2.05) is 0 Å². The third-order valence-electron chi connectivity index (χ3n) is 3.77. The summed E-state index contributed by atoms with van der Waals surface area (Å²) in [6.07, 6.45) is -3.49. The van der Waals surface area contributed by atoms with E-state index < -0.39 is 22.9 Å². The normalized spacial score (nSPS) is 16.5. The van der Waals surface area contributed by atoms with Gasteiger partial charge in [-0.15, -0.1) is 0 Å². The number of thioether (sulfide) groups is 1. The molecule has 0 bridgehead atoms. The highest BCUT2D eigenvalue weighted by molar-refractivity contribution is 8.18. The van der Waals surface area contributed by atoms with Crippen LogP contribution in [0.15, 0.2) is 47.4 Å². The van der Waals surface area contributed by atoms with E-state index in [-0.39, 0.29) is 22.0 Å². The highest BCUT2D eigenvalue weighted by Crippen LogP contribution is 2.37. The van der Waals surface area contributed by atoms with Gasteiger partial charge in [-0.2, -0.15) is 13.2 Å². The van der Waals surface area contributed by atoms with Crippen LogP contribution >= 0.6 is 35.0 Å². The maximum atomic E-state index is 13.1. The molecule has 2 aromatic rings. The lowest BCUT2D eigenvalue weighted by Crippen LogP contribution is -2.27. The van der Waals surface area contributed by atoms with E-state index in [1.165, 1.54) is 24.3 Å². The lowest BCUT2D eigenvalue weighted by atomic mass is 10.1. The van der Waals surface area contributed by atoms with Gasteiger partial charge in [0.1, 0.15) is 0 Å². The highest BCUT2D eigenvalue weighted by atomic mass is 35.5. The molecule has 1 aliphatic rings. The average molecular weight is 432 g/mol. The van der Waals surface area contributed by atoms with Gasteiger partial charge in [-0.3, -0.25) is 14.5 Å². The number of amides is 2. The molecule has 0 atom stereocenters. The number of hydrogen-bond donors (Lipinski definition) is 0. The predicted molar refractivity (Wildman–Crippen MR) is 99.4 cm³/mol. The maximum Gasteiger partial charge on any atom is 0.416 e. The number of rotatable bonds is 3. The summed E-state index contributed by atoms with van der Waals surface area (Å²) in [6.45, 7) is -0.0983. The Bertz CT molecular complexity index is 960. The summed E-state index contributed by atoms with van der Waals surface area (Å²) in [5.41, 5.74) is -0.558. The minimum absolute atomic E-state index is 0.0817. The molecule has 140 valence electrons. The van der Waals surface area contributed by atoms with Crippen LogP contribution < -0.4 is 0 Å². The summed E-state index contributed by atoms with van der Waals surface area (Å²) >= 11 is 12.5. The van der Waals surface area contributed by atoms with Crippen LogP contribution in [0.4, 0.5) is 18.0 Å². The van der Waals surface area contributed by atoms with Gasteiger partial charge in [0, 0.05) is 10.0 Å². The Balaban J connectivity index is 1.90. The molecule has 3 nitrogen and oxygen atoms in total. The third-order valence-corrected chi connectivity index (χ3v) is 5.26. The van der Waals surface area contributed by atoms with Crippen LogP contribution in [0.3, 0.4) is 0 Å². The molecule has 1 aliphatic heterocycles. The van der Waals surface area contributed by atoms with Crippen molar-refractivity contribution in [2.24, 2.45) is 0 Å². The fourth-order valence-electron chi connectivity index (χ4n) is 2.48. The quantitative estimate of drug-likeness (QED) is 0.539. The van der Waals surface area contributed by atoms with Gasteiger partial charge in [0.15, 0.2) is 0 Å². The fraction of sp³-hybridized carbons (Fsp3) is 0.111. The number of hydrogen-bond acceptors (Lipinski definition) is 3. The molecule has 27 heavy (non-hydrogen) atoms. The van der Waals surface area contributed by atoms with Crippen LogP contribution in [0, 0.1) is 0 Å². The van der Waals surface area contributed by atoms with Crippen LogP contribution in [-0.4, -0.2) is 16.0 Å². The number of benzene rings is 2.